The molecule has 5 aromatic rings. The Hall–Kier alpha value is -5.60. The first kappa shape index (κ1) is 32.8. The quantitative estimate of drug-likeness (QED) is 0.106. The van der Waals surface area contributed by atoms with Gasteiger partial charge in [0.2, 0.25) is 5.91 Å². The van der Waals surface area contributed by atoms with Crippen molar-refractivity contribution >= 4 is 52.6 Å². The summed E-state index contributed by atoms with van der Waals surface area (Å²) < 4.78 is 5.47. The van der Waals surface area contributed by atoms with Crippen LogP contribution in [0.15, 0.2) is 150 Å². The molecule has 236 valence electrons. The van der Waals surface area contributed by atoms with Gasteiger partial charge in [-0.25, -0.2) is 0 Å². The molecular weight excluding hydrogens is 607 g/mol. The number of rotatable bonds is 12. The number of benzene rings is 5. The highest BCUT2D eigenvalue weighted by molar-refractivity contribution is 8.00. The van der Waals surface area contributed by atoms with E-state index in [2.05, 4.69) is 10.6 Å². The molecule has 0 saturated heterocycles. The van der Waals surface area contributed by atoms with Crippen LogP contribution in [-0.4, -0.2) is 30.1 Å². The number of hydrogen-bond acceptors (Lipinski definition) is 5. The smallest absolute Gasteiger partial charge is 0.272 e. The Morgan fingerprint density at radius 1 is 0.766 bits per heavy atom. The molecule has 47 heavy (non-hydrogen) atoms. The van der Waals surface area contributed by atoms with E-state index in [-0.39, 0.29) is 11.6 Å². The first-order valence-corrected chi connectivity index (χ1v) is 16.1. The standard InChI is InChI=1S/C39H35N3O4S/c1-3-36(39(45)42(31-20-9-5-10-21-31)32-22-11-6-12-23-32)47-33-24-15-19-30(27-33)40-38(44)34(26-29-18-13-14-25-35(29)46-2)41-37(43)28-16-7-4-8-17-28/h4-27,36H,3H2,1-2H3,(H,40,44)(H,41,43)/b34-26+. The lowest BCUT2D eigenvalue weighted by Gasteiger charge is -2.27. The second-order valence-electron chi connectivity index (χ2n) is 10.5. The predicted octanol–water partition coefficient (Wildman–Crippen LogP) is 8.34. The molecule has 0 saturated carbocycles. The summed E-state index contributed by atoms with van der Waals surface area (Å²) in [4.78, 5) is 43.4. The number of nitrogens with zero attached hydrogens (tertiary/aromatic N) is 1. The summed E-state index contributed by atoms with van der Waals surface area (Å²) in [5, 5.41) is 5.29. The third-order valence-electron chi connectivity index (χ3n) is 7.23. The number of thioether (sulfide) groups is 1. The number of carbonyl (C=O) groups excluding carboxylic acids is 3. The van der Waals surface area contributed by atoms with Gasteiger partial charge in [-0.1, -0.05) is 85.8 Å². The highest BCUT2D eigenvalue weighted by Gasteiger charge is 2.27. The number of anilines is 3. The molecule has 0 bridgehead atoms. The van der Waals surface area contributed by atoms with Gasteiger partial charge in [-0.3, -0.25) is 19.3 Å². The van der Waals surface area contributed by atoms with Gasteiger partial charge in [-0.15, -0.1) is 11.8 Å². The molecular formula is C39H35N3O4S. The van der Waals surface area contributed by atoms with Crippen LogP contribution in [-0.2, 0) is 9.59 Å². The van der Waals surface area contributed by atoms with Crippen molar-refractivity contribution in [3.8, 4) is 5.75 Å². The number of amides is 3. The zero-order chi connectivity index (χ0) is 33.0. The SMILES string of the molecule is CCC(Sc1cccc(NC(=O)/C(=C\c2ccccc2OC)NC(=O)c2ccccc2)c1)C(=O)N(c1ccccc1)c1ccccc1. The summed E-state index contributed by atoms with van der Waals surface area (Å²) in [5.41, 5.74) is 3.18. The van der Waals surface area contributed by atoms with Gasteiger partial charge in [-0.05, 0) is 73.2 Å². The average Bonchev–Trinajstić information content (AvgIpc) is 3.12. The lowest BCUT2D eigenvalue weighted by atomic mass is 10.1. The monoisotopic (exact) mass is 641 g/mol. The van der Waals surface area contributed by atoms with Crippen LogP contribution in [0.2, 0.25) is 0 Å². The second kappa shape index (κ2) is 16.1. The van der Waals surface area contributed by atoms with Gasteiger partial charge >= 0.3 is 0 Å². The minimum atomic E-state index is -0.509. The topological polar surface area (TPSA) is 87.7 Å². The molecule has 0 aliphatic carbocycles. The van der Waals surface area contributed by atoms with Crippen LogP contribution in [0.1, 0.15) is 29.3 Å². The molecule has 0 fully saturated rings. The summed E-state index contributed by atoms with van der Waals surface area (Å²) in [7, 11) is 1.55. The minimum Gasteiger partial charge on any atom is -0.496 e. The van der Waals surface area contributed by atoms with E-state index in [4.69, 9.17) is 4.74 Å². The Morgan fingerprint density at radius 3 is 1.98 bits per heavy atom. The molecule has 0 aliphatic heterocycles. The molecule has 8 heteroatoms. The summed E-state index contributed by atoms with van der Waals surface area (Å²) in [6.45, 7) is 1.99. The molecule has 7 nitrogen and oxygen atoms in total. The van der Waals surface area contributed by atoms with E-state index in [1.54, 1.807) is 60.6 Å². The lowest BCUT2D eigenvalue weighted by molar-refractivity contribution is -0.117. The van der Waals surface area contributed by atoms with Gasteiger partial charge in [0.05, 0.1) is 12.4 Å². The Balaban J connectivity index is 1.38. The fourth-order valence-electron chi connectivity index (χ4n) is 4.90. The molecule has 2 N–H and O–H groups in total. The zero-order valence-electron chi connectivity index (χ0n) is 26.1. The largest absolute Gasteiger partial charge is 0.496 e. The van der Waals surface area contributed by atoms with Gasteiger partial charge in [0.25, 0.3) is 11.8 Å². The van der Waals surface area contributed by atoms with Gasteiger partial charge in [0, 0.05) is 33.1 Å². The fourth-order valence-corrected chi connectivity index (χ4v) is 5.96. The van der Waals surface area contributed by atoms with E-state index < -0.39 is 17.1 Å². The van der Waals surface area contributed by atoms with Crippen molar-refractivity contribution in [3.05, 3.63) is 156 Å². The summed E-state index contributed by atoms with van der Waals surface area (Å²) in [6, 6.07) is 42.4. The van der Waals surface area contributed by atoms with Gasteiger partial charge in [0.1, 0.15) is 11.4 Å². The molecule has 1 atom stereocenters. The van der Waals surface area contributed by atoms with Crippen molar-refractivity contribution in [1.29, 1.82) is 0 Å². The Kier molecular flexibility index (Phi) is 11.2. The third-order valence-corrected chi connectivity index (χ3v) is 8.58. The van der Waals surface area contributed by atoms with Crippen LogP contribution in [0.4, 0.5) is 17.1 Å². The summed E-state index contributed by atoms with van der Waals surface area (Å²) in [5.74, 6) is -0.419. The van der Waals surface area contributed by atoms with E-state index in [1.807, 2.05) is 104 Å². The van der Waals surface area contributed by atoms with Crippen LogP contribution in [0, 0.1) is 0 Å². The number of methoxy groups -OCH3 is 1. The zero-order valence-corrected chi connectivity index (χ0v) is 26.9. The van der Waals surface area contributed by atoms with Crippen molar-refractivity contribution in [2.24, 2.45) is 0 Å². The molecule has 3 amide bonds. The third kappa shape index (κ3) is 8.56. The van der Waals surface area contributed by atoms with Crippen molar-refractivity contribution in [1.82, 2.24) is 5.32 Å². The van der Waals surface area contributed by atoms with Crippen LogP contribution in [0.5, 0.6) is 5.75 Å². The highest BCUT2D eigenvalue weighted by Crippen LogP contribution is 2.33. The van der Waals surface area contributed by atoms with Crippen LogP contribution >= 0.6 is 11.8 Å². The van der Waals surface area contributed by atoms with Gasteiger partial charge in [0.15, 0.2) is 0 Å². The van der Waals surface area contributed by atoms with Crippen LogP contribution in [0.25, 0.3) is 6.08 Å². The maximum atomic E-state index is 14.1. The summed E-state index contributed by atoms with van der Waals surface area (Å²) in [6.07, 6.45) is 2.18. The molecule has 5 rings (SSSR count). The van der Waals surface area contributed by atoms with E-state index in [9.17, 15) is 14.4 Å². The Labute approximate surface area is 279 Å². The number of nitrogens with one attached hydrogen (secondary N) is 2. The molecule has 0 radical (unpaired) electrons. The van der Waals surface area contributed by atoms with Gasteiger partial charge < -0.3 is 15.4 Å². The number of hydrogen-bond donors (Lipinski definition) is 2. The molecule has 0 aliphatic rings. The highest BCUT2D eigenvalue weighted by atomic mass is 32.2. The fraction of sp³-hybridized carbons (Fsp3) is 0.103. The summed E-state index contributed by atoms with van der Waals surface area (Å²) >= 11 is 1.44. The minimum absolute atomic E-state index is 0.0457. The van der Waals surface area contributed by atoms with Crippen molar-refractivity contribution in [2.75, 3.05) is 17.3 Å². The van der Waals surface area contributed by atoms with Crippen molar-refractivity contribution < 1.29 is 19.1 Å². The Bertz CT molecular complexity index is 1810. The number of para-hydroxylation sites is 3. The second-order valence-corrected chi connectivity index (χ2v) is 11.7. The van der Waals surface area contributed by atoms with E-state index in [0.29, 0.717) is 29.0 Å². The normalized spacial score (nSPS) is 11.7. The average molecular weight is 642 g/mol. The van der Waals surface area contributed by atoms with E-state index >= 15 is 0 Å². The maximum Gasteiger partial charge on any atom is 0.272 e. The van der Waals surface area contributed by atoms with Crippen LogP contribution < -0.4 is 20.3 Å². The molecule has 5 aromatic carbocycles. The number of carbonyl (C=O) groups is 3. The molecule has 0 spiro atoms. The maximum absolute atomic E-state index is 14.1. The lowest BCUT2D eigenvalue weighted by Crippen LogP contribution is -2.34. The van der Waals surface area contributed by atoms with Gasteiger partial charge in [-0.2, -0.15) is 0 Å². The van der Waals surface area contributed by atoms with Crippen molar-refractivity contribution in [3.63, 3.8) is 0 Å². The number of ether oxygens (including phenoxy) is 1. The first-order valence-electron chi connectivity index (χ1n) is 15.2. The first-order chi connectivity index (χ1) is 23.0. The molecule has 0 heterocycles. The van der Waals surface area contributed by atoms with E-state index in [1.165, 1.54) is 11.8 Å². The van der Waals surface area contributed by atoms with E-state index in [0.717, 1.165) is 16.3 Å². The predicted molar refractivity (Wildman–Crippen MR) is 190 cm³/mol. The Morgan fingerprint density at radius 2 is 1.36 bits per heavy atom. The molecule has 1 unspecified atom stereocenters. The van der Waals surface area contributed by atoms with Crippen molar-refractivity contribution in [2.45, 2.75) is 23.5 Å². The molecule has 0 aromatic heterocycles. The van der Waals surface area contributed by atoms with Crippen LogP contribution in [0.3, 0.4) is 0 Å².